The fraction of sp³-hybridized carbons (Fsp3) is 0.250. The lowest BCUT2D eigenvalue weighted by atomic mass is 10.1. The highest BCUT2D eigenvalue weighted by molar-refractivity contribution is 7.90. The monoisotopic (exact) mass is 346 g/mol. The first-order valence-electron chi connectivity index (χ1n) is 7.40. The van der Waals surface area contributed by atoms with E-state index in [1.54, 1.807) is 0 Å². The van der Waals surface area contributed by atoms with Crippen molar-refractivity contribution in [2.75, 3.05) is 24.3 Å². The molecular formula is C16H18N4O3S. The van der Waals surface area contributed by atoms with E-state index in [2.05, 4.69) is 15.3 Å². The summed E-state index contributed by atoms with van der Waals surface area (Å²) in [6.07, 6.45) is 2.65. The first-order valence-corrected chi connectivity index (χ1v) is 9.46. The van der Waals surface area contributed by atoms with E-state index >= 15 is 0 Å². The van der Waals surface area contributed by atoms with Crippen molar-refractivity contribution in [3.05, 3.63) is 42.4 Å². The number of sulfone groups is 1. The van der Waals surface area contributed by atoms with E-state index in [0.29, 0.717) is 24.7 Å². The second-order valence-corrected chi connectivity index (χ2v) is 7.82. The van der Waals surface area contributed by atoms with Crippen molar-refractivity contribution >= 4 is 26.6 Å². The molecule has 2 heterocycles. The second kappa shape index (κ2) is 6.58. The van der Waals surface area contributed by atoms with Gasteiger partial charge in [0.2, 0.25) is 0 Å². The van der Waals surface area contributed by atoms with Crippen LogP contribution in [0.4, 0.5) is 5.82 Å². The number of nitrogens with zero attached hydrogens (tertiary/aromatic N) is 2. The Labute approximate surface area is 139 Å². The lowest BCUT2D eigenvalue weighted by Crippen LogP contribution is -2.21. The van der Waals surface area contributed by atoms with Gasteiger partial charge in [-0.2, -0.15) is 0 Å². The fourth-order valence-corrected chi connectivity index (χ4v) is 2.84. The van der Waals surface area contributed by atoms with Crippen molar-refractivity contribution in [1.82, 2.24) is 15.3 Å². The summed E-state index contributed by atoms with van der Waals surface area (Å²) >= 11 is 0. The number of aromatic nitrogens is 2. The molecule has 0 aliphatic rings. The maximum atomic E-state index is 11.1. The summed E-state index contributed by atoms with van der Waals surface area (Å²) in [7, 11) is -2.96. The Kier molecular flexibility index (Phi) is 4.50. The van der Waals surface area contributed by atoms with Crippen LogP contribution in [0.5, 0.6) is 0 Å². The van der Waals surface area contributed by atoms with Gasteiger partial charge in [-0.15, -0.1) is 0 Å². The van der Waals surface area contributed by atoms with E-state index < -0.39 is 9.84 Å². The molecule has 126 valence electrons. The van der Waals surface area contributed by atoms with Crippen molar-refractivity contribution in [3.63, 3.8) is 0 Å². The third-order valence-corrected chi connectivity index (χ3v) is 4.51. The van der Waals surface area contributed by atoms with Crippen LogP contribution < -0.4 is 11.1 Å². The third kappa shape index (κ3) is 3.90. The minimum Gasteiger partial charge on any atom is -0.460 e. The summed E-state index contributed by atoms with van der Waals surface area (Å²) < 4.78 is 28.0. The SMILES string of the molecule is CS(=O)(=O)CCNCc1ccc(-c2ccc3c(N)ncnc3c2)o1. The van der Waals surface area contributed by atoms with E-state index in [9.17, 15) is 8.42 Å². The van der Waals surface area contributed by atoms with Gasteiger partial charge in [-0.05, 0) is 24.3 Å². The largest absolute Gasteiger partial charge is 0.460 e. The summed E-state index contributed by atoms with van der Waals surface area (Å²) in [6, 6.07) is 9.40. The van der Waals surface area contributed by atoms with Gasteiger partial charge in [0.1, 0.15) is 33.5 Å². The molecule has 0 atom stereocenters. The van der Waals surface area contributed by atoms with Gasteiger partial charge in [-0.1, -0.05) is 6.07 Å². The lowest BCUT2D eigenvalue weighted by molar-refractivity contribution is 0.498. The number of nitrogens with one attached hydrogen (secondary N) is 1. The number of hydrogen-bond acceptors (Lipinski definition) is 7. The van der Waals surface area contributed by atoms with Crippen LogP contribution in [0.1, 0.15) is 5.76 Å². The molecule has 0 aliphatic heterocycles. The molecule has 0 bridgehead atoms. The number of furan rings is 1. The van der Waals surface area contributed by atoms with Crippen molar-refractivity contribution in [3.8, 4) is 11.3 Å². The molecule has 3 aromatic rings. The average Bonchev–Trinajstić information content (AvgIpc) is 2.99. The molecule has 7 nitrogen and oxygen atoms in total. The quantitative estimate of drug-likeness (QED) is 0.652. The molecule has 0 radical (unpaired) electrons. The highest BCUT2D eigenvalue weighted by Gasteiger charge is 2.08. The predicted molar refractivity (Wildman–Crippen MR) is 93.1 cm³/mol. The molecule has 0 spiro atoms. The summed E-state index contributed by atoms with van der Waals surface area (Å²) in [4.78, 5) is 8.18. The van der Waals surface area contributed by atoms with Crippen LogP contribution in [0.2, 0.25) is 0 Å². The zero-order chi connectivity index (χ0) is 17.2. The number of rotatable bonds is 6. The Morgan fingerprint density at radius 2 is 2.04 bits per heavy atom. The predicted octanol–water partition coefficient (Wildman–Crippen LogP) is 1.61. The minimum absolute atomic E-state index is 0.104. The van der Waals surface area contributed by atoms with Crippen molar-refractivity contribution in [2.45, 2.75) is 6.54 Å². The van der Waals surface area contributed by atoms with E-state index in [1.165, 1.54) is 12.6 Å². The molecule has 3 N–H and O–H groups in total. The number of nitrogens with two attached hydrogens (primary N) is 1. The van der Waals surface area contributed by atoms with Gasteiger partial charge in [0.25, 0.3) is 0 Å². The van der Waals surface area contributed by atoms with E-state index in [-0.39, 0.29) is 5.75 Å². The van der Waals surface area contributed by atoms with Crippen LogP contribution in [0.3, 0.4) is 0 Å². The molecule has 0 aliphatic carbocycles. The summed E-state index contributed by atoms with van der Waals surface area (Å²) in [5.41, 5.74) is 7.47. The van der Waals surface area contributed by atoms with Gasteiger partial charge in [-0.25, -0.2) is 18.4 Å². The van der Waals surface area contributed by atoms with Crippen LogP contribution in [0, 0.1) is 0 Å². The topological polar surface area (TPSA) is 111 Å². The Bertz CT molecular complexity index is 966. The maximum absolute atomic E-state index is 11.1. The Morgan fingerprint density at radius 3 is 2.83 bits per heavy atom. The number of fused-ring (bicyclic) bond motifs is 1. The standard InChI is InChI=1S/C16H18N4O3S/c1-24(21,22)7-6-18-9-12-3-5-15(23-12)11-2-4-13-14(8-11)19-10-20-16(13)17/h2-5,8,10,18H,6-7,9H2,1H3,(H2,17,19,20). The maximum Gasteiger partial charge on any atom is 0.148 e. The first kappa shape index (κ1) is 16.4. The lowest BCUT2D eigenvalue weighted by Gasteiger charge is -2.03. The molecule has 0 fully saturated rings. The van der Waals surface area contributed by atoms with Gasteiger partial charge in [0.15, 0.2) is 0 Å². The number of anilines is 1. The molecular weight excluding hydrogens is 328 g/mol. The van der Waals surface area contributed by atoms with Crippen LogP contribution >= 0.6 is 0 Å². The second-order valence-electron chi connectivity index (χ2n) is 5.56. The first-order chi connectivity index (χ1) is 11.4. The molecule has 1 aromatic carbocycles. The Morgan fingerprint density at radius 1 is 1.21 bits per heavy atom. The minimum atomic E-state index is -2.96. The zero-order valence-electron chi connectivity index (χ0n) is 13.2. The third-order valence-electron chi connectivity index (χ3n) is 3.56. The summed E-state index contributed by atoms with van der Waals surface area (Å²) in [5.74, 6) is 2.00. The van der Waals surface area contributed by atoms with E-state index in [1.807, 2.05) is 30.3 Å². The van der Waals surface area contributed by atoms with Gasteiger partial charge in [-0.3, -0.25) is 0 Å². The number of nitrogen functional groups attached to an aromatic ring is 1. The van der Waals surface area contributed by atoms with Crippen LogP contribution in [0.15, 0.2) is 41.1 Å². The zero-order valence-corrected chi connectivity index (χ0v) is 14.0. The number of benzene rings is 1. The van der Waals surface area contributed by atoms with Gasteiger partial charge >= 0.3 is 0 Å². The summed E-state index contributed by atoms with van der Waals surface area (Å²) in [6.45, 7) is 0.860. The molecule has 2 aromatic heterocycles. The Balaban J connectivity index is 1.71. The normalized spacial score (nSPS) is 11.9. The van der Waals surface area contributed by atoms with Gasteiger partial charge < -0.3 is 15.5 Å². The molecule has 8 heteroatoms. The van der Waals surface area contributed by atoms with Crippen molar-refractivity contribution in [1.29, 1.82) is 0 Å². The van der Waals surface area contributed by atoms with Crippen LogP contribution in [0.25, 0.3) is 22.2 Å². The smallest absolute Gasteiger partial charge is 0.148 e. The van der Waals surface area contributed by atoms with Gasteiger partial charge in [0, 0.05) is 23.8 Å². The molecule has 0 saturated carbocycles. The molecule has 0 saturated heterocycles. The number of hydrogen-bond donors (Lipinski definition) is 2. The van der Waals surface area contributed by atoms with E-state index in [4.69, 9.17) is 10.2 Å². The summed E-state index contributed by atoms with van der Waals surface area (Å²) in [5, 5.41) is 3.85. The fourth-order valence-electron chi connectivity index (χ4n) is 2.33. The molecule has 3 rings (SSSR count). The highest BCUT2D eigenvalue weighted by atomic mass is 32.2. The van der Waals surface area contributed by atoms with Crippen molar-refractivity contribution < 1.29 is 12.8 Å². The average molecular weight is 346 g/mol. The molecule has 0 amide bonds. The molecule has 24 heavy (non-hydrogen) atoms. The van der Waals surface area contributed by atoms with Crippen molar-refractivity contribution in [2.24, 2.45) is 0 Å². The molecule has 0 unspecified atom stereocenters. The van der Waals surface area contributed by atoms with Gasteiger partial charge in [0.05, 0.1) is 17.8 Å². The van der Waals surface area contributed by atoms with Crippen LogP contribution in [-0.2, 0) is 16.4 Å². The Hall–Kier alpha value is -2.45. The van der Waals surface area contributed by atoms with E-state index in [0.717, 1.165) is 22.2 Å². The van der Waals surface area contributed by atoms with Crippen LogP contribution in [-0.4, -0.2) is 36.9 Å². The highest BCUT2D eigenvalue weighted by Crippen LogP contribution is 2.26.